The fourth-order valence-electron chi connectivity index (χ4n) is 2.02. The van der Waals surface area contributed by atoms with Gasteiger partial charge in [-0.25, -0.2) is 0 Å². The molecule has 0 unspecified atom stereocenters. The molecule has 1 heterocycles. The van der Waals surface area contributed by atoms with Gasteiger partial charge in [0.15, 0.2) is 0 Å². The van der Waals surface area contributed by atoms with Crippen LogP contribution in [0.25, 0.3) is 0 Å². The van der Waals surface area contributed by atoms with E-state index in [1.165, 1.54) is 12.1 Å². The molecule has 0 saturated carbocycles. The Bertz CT molecular complexity index is 666. The van der Waals surface area contributed by atoms with Crippen LogP contribution in [-0.2, 0) is 14.4 Å². The number of anilines is 1. The van der Waals surface area contributed by atoms with Gasteiger partial charge in [0, 0.05) is 17.9 Å². The molecule has 11 heteroatoms. The molecule has 25 heavy (non-hydrogen) atoms. The van der Waals surface area contributed by atoms with Crippen LogP contribution in [0.4, 0.5) is 18.9 Å². The van der Waals surface area contributed by atoms with E-state index in [1.807, 2.05) is 0 Å². The van der Waals surface area contributed by atoms with Gasteiger partial charge >= 0.3 is 6.36 Å². The van der Waals surface area contributed by atoms with E-state index in [4.69, 9.17) is 5.73 Å². The molecule has 2 atom stereocenters. The zero-order valence-electron chi connectivity index (χ0n) is 12.6. The van der Waals surface area contributed by atoms with Crippen molar-refractivity contribution >= 4 is 35.2 Å². The molecule has 1 aromatic carbocycles. The van der Waals surface area contributed by atoms with Crippen molar-refractivity contribution in [2.45, 2.75) is 24.1 Å². The van der Waals surface area contributed by atoms with Crippen LogP contribution < -0.4 is 21.1 Å². The first-order chi connectivity index (χ1) is 11.6. The molecule has 1 aliphatic rings. The van der Waals surface area contributed by atoms with E-state index in [0.717, 1.165) is 23.9 Å². The molecule has 7 nitrogen and oxygen atoms in total. The first-order valence-electron chi connectivity index (χ1n) is 7.01. The van der Waals surface area contributed by atoms with Gasteiger partial charge in [0.1, 0.15) is 11.8 Å². The number of carbonyl (C=O) groups is 3. The average Bonchev–Trinajstić information content (AvgIpc) is 2.49. The number of alkyl halides is 3. The van der Waals surface area contributed by atoms with Crippen LogP contribution in [0, 0.1) is 0 Å². The molecule has 2 rings (SSSR count). The topological polar surface area (TPSA) is 111 Å². The first kappa shape index (κ1) is 18.9. The van der Waals surface area contributed by atoms with Gasteiger partial charge in [0.2, 0.25) is 17.7 Å². The van der Waals surface area contributed by atoms with E-state index >= 15 is 0 Å². The standard InChI is InChI=1S/C14H14F3N3O4S/c15-14(16,17)24-8-3-1-7(2-4-8)19-11(21)5-10-13(23)20-9(6-25-10)12(18)22/h1-4,9-10H,5-6H2,(H2,18,22)(H,19,21)(H,20,23)/t9-,10+/m0/s1. The molecule has 0 aliphatic carbocycles. The van der Waals surface area contributed by atoms with E-state index in [1.54, 1.807) is 0 Å². The third-order valence-electron chi connectivity index (χ3n) is 3.16. The Morgan fingerprint density at radius 1 is 1.32 bits per heavy atom. The largest absolute Gasteiger partial charge is 0.573 e. The number of benzene rings is 1. The highest BCUT2D eigenvalue weighted by Crippen LogP contribution is 2.25. The minimum Gasteiger partial charge on any atom is -0.406 e. The quantitative estimate of drug-likeness (QED) is 0.709. The van der Waals surface area contributed by atoms with Crippen LogP contribution in [-0.4, -0.2) is 41.1 Å². The second kappa shape index (κ2) is 7.64. The van der Waals surface area contributed by atoms with Gasteiger partial charge in [-0.2, -0.15) is 0 Å². The fraction of sp³-hybridized carbons (Fsp3) is 0.357. The summed E-state index contributed by atoms with van der Waals surface area (Å²) in [6.07, 6.45) is -4.94. The Labute approximate surface area is 144 Å². The molecule has 1 saturated heterocycles. The summed E-state index contributed by atoms with van der Waals surface area (Å²) in [5.41, 5.74) is 5.36. The minimum absolute atomic E-state index is 0.150. The van der Waals surface area contributed by atoms with Crippen molar-refractivity contribution in [1.29, 1.82) is 0 Å². The van der Waals surface area contributed by atoms with Crippen LogP contribution in [0.15, 0.2) is 24.3 Å². The van der Waals surface area contributed by atoms with E-state index in [0.29, 0.717) is 0 Å². The molecule has 136 valence electrons. The highest BCUT2D eigenvalue weighted by Gasteiger charge is 2.33. The predicted molar refractivity (Wildman–Crippen MR) is 83.7 cm³/mol. The van der Waals surface area contributed by atoms with Gasteiger partial charge < -0.3 is 21.1 Å². The van der Waals surface area contributed by atoms with E-state index < -0.39 is 41.1 Å². The summed E-state index contributed by atoms with van der Waals surface area (Å²) < 4.78 is 39.9. The molecular formula is C14H14F3N3O4S. The van der Waals surface area contributed by atoms with Crippen molar-refractivity contribution in [2.75, 3.05) is 11.1 Å². The van der Waals surface area contributed by atoms with Gasteiger partial charge in [-0.15, -0.1) is 24.9 Å². The number of primary amides is 1. The maximum absolute atomic E-state index is 12.1. The van der Waals surface area contributed by atoms with Gasteiger partial charge in [-0.1, -0.05) is 0 Å². The van der Waals surface area contributed by atoms with Gasteiger partial charge in [0.05, 0.1) is 5.25 Å². The third kappa shape index (κ3) is 5.85. The van der Waals surface area contributed by atoms with Crippen molar-refractivity contribution in [3.63, 3.8) is 0 Å². The van der Waals surface area contributed by atoms with Crippen LogP contribution >= 0.6 is 11.8 Å². The van der Waals surface area contributed by atoms with Gasteiger partial charge in [-0.05, 0) is 24.3 Å². The molecule has 4 N–H and O–H groups in total. The molecular weight excluding hydrogens is 363 g/mol. The van der Waals surface area contributed by atoms with E-state index in [2.05, 4.69) is 15.4 Å². The predicted octanol–water partition coefficient (Wildman–Crippen LogP) is 0.999. The number of halogens is 3. The number of hydrogen-bond acceptors (Lipinski definition) is 5. The van der Waals surface area contributed by atoms with Crippen molar-refractivity contribution in [1.82, 2.24) is 5.32 Å². The number of amides is 3. The zero-order chi connectivity index (χ0) is 18.6. The van der Waals surface area contributed by atoms with Crippen molar-refractivity contribution in [3.05, 3.63) is 24.3 Å². The highest BCUT2D eigenvalue weighted by molar-refractivity contribution is 8.00. The Kier molecular flexibility index (Phi) is 5.77. The number of rotatable bonds is 5. The summed E-state index contributed by atoms with van der Waals surface area (Å²) in [5, 5.41) is 4.22. The Morgan fingerprint density at radius 3 is 2.48 bits per heavy atom. The van der Waals surface area contributed by atoms with Crippen LogP contribution in [0.2, 0.25) is 0 Å². The number of nitrogens with two attached hydrogens (primary N) is 1. The average molecular weight is 377 g/mol. The van der Waals surface area contributed by atoms with E-state index in [9.17, 15) is 27.6 Å². The normalized spacial score (nSPS) is 20.5. The molecule has 3 amide bonds. The number of ether oxygens (including phenoxy) is 1. The third-order valence-corrected chi connectivity index (χ3v) is 4.47. The lowest BCUT2D eigenvalue weighted by Crippen LogP contribution is -2.53. The van der Waals surface area contributed by atoms with Crippen LogP contribution in [0.5, 0.6) is 5.75 Å². The smallest absolute Gasteiger partial charge is 0.406 e. The molecule has 1 aromatic rings. The summed E-state index contributed by atoms with van der Waals surface area (Å²) in [6.45, 7) is 0. The number of hydrogen-bond donors (Lipinski definition) is 3. The van der Waals surface area contributed by atoms with Crippen LogP contribution in [0.1, 0.15) is 6.42 Å². The number of thioether (sulfide) groups is 1. The molecule has 0 aromatic heterocycles. The molecule has 1 fully saturated rings. The second-order valence-electron chi connectivity index (χ2n) is 5.11. The lowest BCUT2D eigenvalue weighted by molar-refractivity contribution is -0.274. The molecule has 0 bridgehead atoms. The molecule has 1 aliphatic heterocycles. The SMILES string of the molecule is NC(=O)[C@@H]1CS[C@H](CC(=O)Nc2ccc(OC(F)(F)F)cc2)C(=O)N1. The van der Waals surface area contributed by atoms with E-state index in [-0.39, 0.29) is 17.9 Å². The summed E-state index contributed by atoms with van der Waals surface area (Å²) in [4.78, 5) is 34.8. The number of nitrogens with one attached hydrogen (secondary N) is 2. The molecule has 0 spiro atoms. The molecule has 0 radical (unpaired) electrons. The fourth-order valence-corrected chi connectivity index (χ4v) is 3.18. The van der Waals surface area contributed by atoms with Crippen molar-refractivity contribution < 1.29 is 32.3 Å². The summed E-state index contributed by atoms with van der Waals surface area (Å²) >= 11 is 1.14. The maximum atomic E-state index is 12.1. The summed E-state index contributed by atoms with van der Waals surface area (Å²) in [7, 11) is 0. The lowest BCUT2D eigenvalue weighted by Gasteiger charge is -2.26. The minimum atomic E-state index is -4.79. The Morgan fingerprint density at radius 2 is 1.96 bits per heavy atom. The lowest BCUT2D eigenvalue weighted by atomic mass is 10.2. The summed E-state index contributed by atoms with van der Waals surface area (Å²) in [5.74, 6) is -1.75. The summed E-state index contributed by atoms with van der Waals surface area (Å²) in [6, 6.07) is 3.84. The highest BCUT2D eigenvalue weighted by atomic mass is 32.2. The van der Waals surface area contributed by atoms with Crippen molar-refractivity contribution in [2.24, 2.45) is 5.73 Å². The Balaban J connectivity index is 1.86. The van der Waals surface area contributed by atoms with Crippen LogP contribution in [0.3, 0.4) is 0 Å². The van der Waals surface area contributed by atoms with Gasteiger partial charge in [-0.3, -0.25) is 14.4 Å². The van der Waals surface area contributed by atoms with Crippen molar-refractivity contribution in [3.8, 4) is 5.75 Å². The maximum Gasteiger partial charge on any atom is 0.573 e. The zero-order valence-corrected chi connectivity index (χ0v) is 13.4. The Hall–Kier alpha value is -2.43. The first-order valence-corrected chi connectivity index (χ1v) is 8.06. The van der Waals surface area contributed by atoms with Gasteiger partial charge in [0.25, 0.3) is 0 Å². The monoisotopic (exact) mass is 377 g/mol. The second-order valence-corrected chi connectivity index (χ2v) is 6.35. The number of carbonyl (C=O) groups excluding carboxylic acids is 3.